The maximum absolute atomic E-state index is 12.2. The third kappa shape index (κ3) is 4.98. The van der Waals surface area contributed by atoms with Crippen molar-refractivity contribution in [3.8, 4) is 0 Å². The fraction of sp³-hybridized carbons (Fsp3) is 0.316. The number of ketones is 1. The van der Waals surface area contributed by atoms with E-state index in [0.717, 1.165) is 5.56 Å². The second-order valence-electron chi connectivity index (χ2n) is 5.54. The smallest absolute Gasteiger partial charge is 0.344 e. The summed E-state index contributed by atoms with van der Waals surface area (Å²) < 4.78 is 10.4. The molecule has 7 heteroatoms. The van der Waals surface area contributed by atoms with Crippen LogP contribution in [0, 0.1) is 6.92 Å². The number of anilines is 1. The van der Waals surface area contributed by atoms with E-state index in [1.165, 1.54) is 18.7 Å². The standard InChI is InChI=1S/C19H21NO5S/c1-4-24-19(23)17-16(12(2)21)13(3)25-18(17)20-15(22)11-26-10-14-8-6-5-7-9-14/h5-9H,4,10-11H2,1-3H3,(H,20,22). The number of esters is 1. The summed E-state index contributed by atoms with van der Waals surface area (Å²) in [5.41, 5.74) is 1.22. The van der Waals surface area contributed by atoms with E-state index in [2.05, 4.69) is 5.32 Å². The maximum Gasteiger partial charge on any atom is 0.344 e. The maximum atomic E-state index is 12.2. The van der Waals surface area contributed by atoms with E-state index in [9.17, 15) is 14.4 Å². The van der Waals surface area contributed by atoms with Gasteiger partial charge < -0.3 is 9.15 Å². The van der Waals surface area contributed by atoms with Crippen molar-refractivity contribution in [1.29, 1.82) is 0 Å². The third-order valence-corrected chi connectivity index (χ3v) is 4.52. The normalized spacial score (nSPS) is 10.4. The van der Waals surface area contributed by atoms with Crippen molar-refractivity contribution in [1.82, 2.24) is 0 Å². The van der Waals surface area contributed by atoms with Gasteiger partial charge in [0, 0.05) is 5.75 Å². The zero-order valence-electron chi connectivity index (χ0n) is 15.0. The first-order valence-corrected chi connectivity index (χ1v) is 9.32. The second-order valence-corrected chi connectivity index (χ2v) is 6.53. The van der Waals surface area contributed by atoms with Gasteiger partial charge in [-0.2, -0.15) is 0 Å². The Hall–Kier alpha value is -2.54. The van der Waals surface area contributed by atoms with Crippen molar-refractivity contribution in [3.05, 3.63) is 52.8 Å². The zero-order chi connectivity index (χ0) is 19.1. The van der Waals surface area contributed by atoms with Crippen molar-refractivity contribution in [2.45, 2.75) is 26.5 Å². The van der Waals surface area contributed by atoms with E-state index >= 15 is 0 Å². The van der Waals surface area contributed by atoms with E-state index in [4.69, 9.17) is 9.15 Å². The average molecular weight is 375 g/mol. The van der Waals surface area contributed by atoms with Gasteiger partial charge in [0.05, 0.1) is 17.9 Å². The van der Waals surface area contributed by atoms with Crippen LogP contribution in [0.3, 0.4) is 0 Å². The van der Waals surface area contributed by atoms with Gasteiger partial charge in [0.25, 0.3) is 0 Å². The minimum absolute atomic E-state index is 0.0294. The molecule has 1 aromatic heterocycles. The lowest BCUT2D eigenvalue weighted by Gasteiger charge is -2.06. The van der Waals surface area contributed by atoms with Crippen LogP contribution in [0.1, 0.15) is 45.9 Å². The second kappa shape index (κ2) is 9.24. The molecule has 0 aliphatic heterocycles. The van der Waals surface area contributed by atoms with Gasteiger partial charge in [-0.05, 0) is 26.3 Å². The molecule has 2 aromatic rings. The number of furan rings is 1. The van der Waals surface area contributed by atoms with E-state index in [-0.39, 0.29) is 46.8 Å². The molecule has 0 atom stereocenters. The van der Waals surface area contributed by atoms with E-state index in [0.29, 0.717) is 5.75 Å². The number of carbonyl (C=O) groups excluding carboxylic acids is 3. The fourth-order valence-corrected chi connectivity index (χ4v) is 3.24. The number of Topliss-reactive ketones (excluding diaryl/α,β-unsaturated/α-hetero) is 1. The molecular weight excluding hydrogens is 354 g/mol. The number of thioether (sulfide) groups is 1. The summed E-state index contributed by atoms with van der Waals surface area (Å²) in [6, 6.07) is 9.79. The molecule has 0 bridgehead atoms. The number of rotatable bonds is 8. The van der Waals surface area contributed by atoms with Crippen LogP contribution in [0.4, 0.5) is 5.88 Å². The molecule has 138 valence electrons. The number of benzene rings is 1. The number of aryl methyl sites for hydroxylation is 1. The van der Waals surface area contributed by atoms with Gasteiger partial charge in [-0.15, -0.1) is 11.8 Å². The molecule has 0 aliphatic rings. The van der Waals surface area contributed by atoms with Gasteiger partial charge in [-0.25, -0.2) is 4.79 Å². The largest absolute Gasteiger partial charge is 0.462 e. The lowest BCUT2D eigenvalue weighted by Crippen LogP contribution is -2.17. The van der Waals surface area contributed by atoms with Gasteiger partial charge in [0.15, 0.2) is 5.78 Å². The quantitative estimate of drug-likeness (QED) is 0.557. The predicted molar refractivity (Wildman–Crippen MR) is 101 cm³/mol. The first-order valence-electron chi connectivity index (χ1n) is 8.17. The van der Waals surface area contributed by atoms with Crippen LogP contribution in [-0.2, 0) is 15.3 Å². The highest BCUT2D eigenvalue weighted by atomic mass is 32.2. The molecule has 0 radical (unpaired) electrons. The average Bonchev–Trinajstić information content (AvgIpc) is 2.92. The van der Waals surface area contributed by atoms with Gasteiger partial charge in [-0.3, -0.25) is 14.9 Å². The Balaban J connectivity index is 2.07. The monoisotopic (exact) mass is 375 g/mol. The van der Waals surface area contributed by atoms with E-state index in [1.54, 1.807) is 13.8 Å². The Kier molecular flexibility index (Phi) is 7.03. The SMILES string of the molecule is CCOC(=O)c1c(NC(=O)CSCc2ccccc2)oc(C)c1C(C)=O. The first-order chi connectivity index (χ1) is 12.4. The lowest BCUT2D eigenvalue weighted by molar-refractivity contribution is -0.113. The number of hydrogen-bond donors (Lipinski definition) is 1. The summed E-state index contributed by atoms with van der Waals surface area (Å²) in [4.78, 5) is 36.2. The van der Waals surface area contributed by atoms with Crippen LogP contribution in [0.15, 0.2) is 34.7 Å². The molecule has 0 saturated carbocycles. The predicted octanol–water partition coefficient (Wildman–Crippen LogP) is 3.84. The molecule has 2 rings (SSSR count). The zero-order valence-corrected chi connectivity index (χ0v) is 15.8. The lowest BCUT2D eigenvalue weighted by atomic mass is 10.1. The Morgan fingerprint density at radius 2 is 1.85 bits per heavy atom. The van der Waals surface area contributed by atoms with Crippen molar-refractivity contribution in [3.63, 3.8) is 0 Å². The molecule has 0 fully saturated rings. The summed E-state index contributed by atoms with van der Waals surface area (Å²) in [5.74, 6) is -0.235. The number of ether oxygens (including phenoxy) is 1. The van der Waals surface area contributed by atoms with Gasteiger partial charge >= 0.3 is 5.97 Å². The number of nitrogens with one attached hydrogen (secondary N) is 1. The summed E-state index contributed by atoms with van der Waals surface area (Å²) in [6.45, 7) is 4.72. The third-order valence-electron chi connectivity index (χ3n) is 3.51. The van der Waals surface area contributed by atoms with Crippen molar-refractivity contribution < 1.29 is 23.5 Å². The molecule has 0 unspecified atom stereocenters. The minimum Gasteiger partial charge on any atom is -0.462 e. The highest BCUT2D eigenvalue weighted by Crippen LogP contribution is 2.28. The number of amides is 1. The molecule has 26 heavy (non-hydrogen) atoms. The Bertz CT molecular complexity index is 798. The molecule has 1 N–H and O–H groups in total. The molecule has 1 aromatic carbocycles. The highest BCUT2D eigenvalue weighted by molar-refractivity contribution is 7.99. The van der Waals surface area contributed by atoms with Crippen molar-refractivity contribution in [2.75, 3.05) is 17.7 Å². The molecule has 1 amide bonds. The summed E-state index contributed by atoms with van der Waals surface area (Å²) in [7, 11) is 0. The van der Waals surface area contributed by atoms with Crippen LogP contribution in [0.2, 0.25) is 0 Å². The topological polar surface area (TPSA) is 85.6 Å². The molecule has 0 saturated heterocycles. The highest BCUT2D eigenvalue weighted by Gasteiger charge is 2.28. The van der Waals surface area contributed by atoms with Crippen LogP contribution in [0.5, 0.6) is 0 Å². The summed E-state index contributed by atoms with van der Waals surface area (Å²) >= 11 is 1.44. The fourth-order valence-electron chi connectivity index (χ4n) is 2.45. The van der Waals surface area contributed by atoms with Gasteiger partial charge in [0.2, 0.25) is 11.8 Å². The molecule has 1 heterocycles. The van der Waals surface area contributed by atoms with E-state index < -0.39 is 5.97 Å². The Morgan fingerprint density at radius 1 is 1.15 bits per heavy atom. The van der Waals surface area contributed by atoms with Crippen LogP contribution in [-0.4, -0.2) is 30.0 Å². The van der Waals surface area contributed by atoms with Gasteiger partial charge in [0.1, 0.15) is 11.3 Å². The Morgan fingerprint density at radius 3 is 2.46 bits per heavy atom. The molecule has 0 spiro atoms. The number of carbonyl (C=O) groups is 3. The first kappa shape index (κ1) is 19.8. The van der Waals surface area contributed by atoms with Crippen LogP contribution >= 0.6 is 11.8 Å². The van der Waals surface area contributed by atoms with Crippen molar-refractivity contribution in [2.24, 2.45) is 0 Å². The van der Waals surface area contributed by atoms with Crippen LogP contribution in [0.25, 0.3) is 0 Å². The molecule has 6 nitrogen and oxygen atoms in total. The Labute approximate surface area is 156 Å². The van der Waals surface area contributed by atoms with E-state index in [1.807, 2.05) is 30.3 Å². The van der Waals surface area contributed by atoms with Crippen LogP contribution < -0.4 is 5.32 Å². The van der Waals surface area contributed by atoms with Gasteiger partial charge in [-0.1, -0.05) is 30.3 Å². The number of hydrogen-bond acceptors (Lipinski definition) is 6. The minimum atomic E-state index is -0.693. The molecule has 0 aliphatic carbocycles. The summed E-state index contributed by atoms with van der Waals surface area (Å²) in [6.07, 6.45) is 0. The molecular formula is C19H21NO5S. The summed E-state index contributed by atoms with van der Waals surface area (Å²) in [5, 5.41) is 2.57. The van der Waals surface area contributed by atoms with Crippen molar-refractivity contribution >= 4 is 35.3 Å².